The Kier molecular flexibility index (Phi) is 3.42. The number of benzene rings is 2. The molecule has 124 valence electrons. The van der Waals surface area contributed by atoms with E-state index in [-0.39, 0.29) is 11.1 Å². The summed E-state index contributed by atoms with van der Waals surface area (Å²) < 4.78 is 0. The lowest BCUT2D eigenvalue weighted by Gasteiger charge is -2.55. The third-order valence-electron chi connectivity index (χ3n) is 6.65. The SMILES string of the molecule is Cc1ccc([C@]23CC[C@](c4ccc(C)cc4)(N=N2)[C@@H](C)[C@H]3C)cc1. The van der Waals surface area contributed by atoms with Crippen molar-refractivity contribution in [3.05, 3.63) is 70.8 Å². The zero-order valence-corrected chi connectivity index (χ0v) is 15.1. The van der Waals surface area contributed by atoms with Crippen LogP contribution in [-0.2, 0) is 11.1 Å². The fourth-order valence-electron chi connectivity index (χ4n) is 4.74. The second-order valence-corrected chi connectivity index (χ2v) is 7.86. The average molecular weight is 318 g/mol. The maximum atomic E-state index is 4.96. The third kappa shape index (κ3) is 2.02. The first-order chi connectivity index (χ1) is 11.5. The molecule has 0 N–H and O–H groups in total. The first-order valence-electron chi connectivity index (χ1n) is 9.06. The molecule has 24 heavy (non-hydrogen) atoms. The Morgan fingerprint density at radius 2 is 1.00 bits per heavy atom. The van der Waals surface area contributed by atoms with Crippen molar-refractivity contribution in [3.63, 3.8) is 0 Å². The molecule has 0 amide bonds. The Bertz CT molecular complexity index is 707. The predicted octanol–water partition coefficient (Wildman–Crippen LogP) is 5.93. The minimum atomic E-state index is -0.139. The molecule has 1 saturated carbocycles. The second-order valence-electron chi connectivity index (χ2n) is 7.86. The summed E-state index contributed by atoms with van der Waals surface area (Å²) in [5.74, 6) is 0.959. The van der Waals surface area contributed by atoms with Crippen molar-refractivity contribution in [1.82, 2.24) is 0 Å². The summed E-state index contributed by atoms with van der Waals surface area (Å²) in [4.78, 5) is 0. The summed E-state index contributed by atoms with van der Waals surface area (Å²) >= 11 is 0. The van der Waals surface area contributed by atoms with Gasteiger partial charge in [0, 0.05) is 0 Å². The Hall–Kier alpha value is -1.96. The number of fused-ring (bicyclic) bond motifs is 2. The van der Waals surface area contributed by atoms with Gasteiger partial charge in [0.15, 0.2) is 0 Å². The van der Waals surface area contributed by atoms with Crippen LogP contribution in [0, 0.1) is 25.7 Å². The minimum Gasteiger partial charge on any atom is -0.181 e. The molecule has 2 aliphatic heterocycles. The van der Waals surface area contributed by atoms with Gasteiger partial charge in [-0.25, -0.2) is 0 Å². The van der Waals surface area contributed by atoms with Gasteiger partial charge in [0.25, 0.3) is 0 Å². The van der Waals surface area contributed by atoms with Gasteiger partial charge in [-0.05, 0) is 49.7 Å². The van der Waals surface area contributed by atoms with E-state index in [9.17, 15) is 0 Å². The number of nitrogens with zero attached hydrogens (tertiary/aromatic N) is 2. The Labute approximate surface area is 145 Å². The fourth-order valence-corrected chi connectivity index (χ4v) is 4.74. The first kappa shape index (κ1) is 15.6. The second kappa shape index (κ2) is 5.27. The van der Waals surface area contributed by atoms with Gasteiger partial charge >= 0.3 is 0 Å². The largest absolute Gasteiger partial charge is 0.181 e. The van der Waals surface area contributed by atoms with Crippen molar-refractivity contribution in [2.75, 3.05) is 0 Å². The Balaban J connectivity index is 1.80. The predicted molar refractivity (Wildman–Crippen MR) is 98.1 cm³/mol. The molecule has 0 unspecified atom stereocenters. The van der Waals surface area contributed by atoms with Crippen LogP contribution >= 0.6 is 0 Å². The average Bonchev–Trinajstić information content (AvgIpc) is 2.61. The lowest BCUT2D eigenvalue weighted by molar-refractivity contribution is 0.0140. The van der Waals surface area contributed by atoms with Gasteiger partial charge in [0.1, 0.15) is 11.1 Å². The van der Waals surface area contributed by atoms with Crippen LogP contribution in [0.15, 0.2) is 58.8 Å². The van der Waals surface area contributed by atoms with Crippen molar-refractivity contribution >= 4 is 0 Å². The van der Waals surface area contributed by atoms with Crippen LogP contribution in [0.1, 0.15) is 48.9 Å². The van der Waals surface area contributed by atoms with Crippen molar-refractivity contribution < 1.29 is 0 Å². The summed E-state index contributed by atoms with van der Waals surface area (Å²) in [5.41, 5.74) is 4.97. The number of azo groups is 1. The highest BCUT2D eigenvalue weighted by atomic mass is 15.2. The molecular weight excluding hydrogens is 292 g/mol. The molecule has 3 aliphatic rings. The van der Waals surface area contributed by atoms with E-state index in [1.807, 2.05) is 0 Å². The van der Waals surface area contributed by atoms with E-state index in [2.05, 4.69) is 76.2 Å². The summed E-state index contributed by atoms with van der Waals surface area (Å²) in [6, 6.07) is 17.8. The normalized spacial score (nSPS) is 34.5. The van der Waals surface area contributed by atoms with Gasteiger partial charge in [-0.2, -0.15) is 10.2 Å². The zero-order valence-electron chi connectivity index (χ0n) is 15.1. The van der Waals surface area contributed by atoms with Gasteiger partial charge in [-0.3, -0.25) is 0 Å². The quantitative estimate of drug-likeness (QED) is 0.656. The molecule has 2 heteroatoms. The topological polar surface area (TPSA) is 24.7 Å². The summed E-state index contributed by atoms with van der Waals surface area (Å²) in [6.07, 6.45) is 2.16. The maximum Gasteiger partial charge on any atom is 0.109 e. The molecule has 0 spiro atoms. The molecule has 2 nitrogen and oxygen atoms in total. The van der Waals surface area contributed by atoms with Gasteiger partial charge < -0.3 is 0 Å². The van der Waals surface area contributed by atoms with Crippen molar-refractivity contribution in [1.29, 1.82) is 0 Å². The molecule has 1 fully saturated rings. The van der Waals surface area contributed by atoms with Crippen LogP contribution in [0.4, 0.5) is 0 Å². The molecule has 0 saturated heterocycles. The summed E-state index contributed by atoms with van der Waals surface area (Å²) in [7, 11) is 0. The first-order valence-corrected chi connectivity index (χ1v) is 9.06. The number of hydrogen-bond acceptors (Lipinski definition) is 2. The number of aryl methyl sites for hydroxylation is 2. The van der Waals surface area contributed by atoms with E-state index < -0.39 is 0 Å². The molecule has 0 radical (unpaired) electrons. The van der Waals surface area contributed by atoms with Gasteiger partial charge in [-0.1, -0.05) is 73.5 Å². The highest BCUT2D eigenvalue weighted by molar-refractivity contribution is 5.36. The molecule has 2 aromatic rings. The zero-order chi connectivity index (χ0) is 16.9. The number of rotatable bonds is 2. The van der Waals surface area contributed by atoms with Gasteiger partial charge in [-0.15, -0.1) is 0 Å². The van der Waals surface area contributed by atoms with Crippen molar-refractivity contribution in [2.24, 2.45) is 22.1 Å². The smallest absolute Gasteiger partial charge is 0.109 e. The lowest BCUT2D eigenvalue weighted by atomic mass is 9.56. The highest BCUT2D eigenvalue weighted by Gasteiger charge is 2.58. The molecule has 2 aromatic carbocycles. The summed E-state index contributed by atoms with van der Waals surface area (Å²) in [6.45, 7) is 9.01. The van der Waals surface area contributed by atoms with Crippen LogP contribution in [0.25, 0.3) is 0 Å². The Morgan fingerprint density at radius 3 is 1.29 bits per heavy atom. The van der Waals surface area contributed by atoms with E-state index in [1.54, 1.807) is 0 Å². The lowest BCUT2D eigenvalue weighted by Crippen LogP contribution is -2.53. The maximum absolute atomic E-state index is 4.96. The van der Waals surface area contributed by atoms with Crippen LogP contribution in [0.5, 0.6) is 0 Å². The minimum absolute atomic E-state index is 0.139. The van der Waals surface area contributed by atoms with Crippen LogP contribution in [0.3, 0.4) is 0 Å². The van der Waals surface area contributed by atoms with E-state index >= 15 is 0 Å². The molecule has 4 atom stereocenters. The third-order valence-corrected chi connectivity index (χ3v) is 6.65. The Morgan fingerprint density at radius 1 is 0.667 bits per heavy atom. The van der Waals surface area contributed by atoms with Crippen molar-refractivity contribution in [2.45, 2.75) is 51.6 Å². The molecule has 1 aliphatic carbocycles. The highest BCUT2D eigenvalue weighted by Crippen LogP contribution is 2.60. The van der Waals surface area contributed by atoms with Gasteiger partial charge in [0.2, 0.25) is 0 Å². The monoisotopic (exact) mass is 318 g/mol. The van der Waals surface area contributed by atoms with Gasteiger partial charge in [0.05, 0.1) is 0 Å². The van der Waals surface area contributed by atoms with E-state index in [0.29, 0.717) is 11.8 Å². The van der Waals surface area contributed by atoms with Crippen LogP contribution in [0.2, 0.25) is 0 Å². The number of hydrogen-bond donors (Lipinski definition) is 0. The molecule has 0 aromatic heterocycles. The fraction of sp³-hybridized carbons (Fsp3) is 0.455. The van der Waals surface area contributed by atoms with E-state index in [1.165, 1.54) is 22.3 Å². The standard InChI is InChI=1S/C22H26N2/c1-15-5-9-19(10-6-15)21-13-14-22(24-23-21,18(4)17(21)3)20-11-7-16(2)8-12-20/h5-12,17-18H,13-14H2,1-4H3/t17-,18+,21-,22+. The molecule has 5 rings (SSSR count). The van der Waals surface area contributed by atoms with E-state index in [4.69, 9.17) is 10.2 Å². The van der Waals surface area contributed by atoms with Crippen molar-refractivity contribution in [3.8, 4) is 0 Å². The molecule has 2 bridgehead atoms. The van der Waals surface area contributed by atoms with Crippen LogP contribution < -0.4 is 0 Å². The molecule has 2 heterocycles. The van der Waals surface area contributed by atoms with E-state index in [0.717, 1.165) is 12.8 Å². The molecular formula is C22H26N2. The van der Waals surface area contributed by atoms with Crippen LogP contribution in [-0.4, -0.2) is 0 Å². The summed E-state index contributed by atoms with van der Waals surface area (Å²) in [5, 5.41) is 9.91.